The second-order valence-electron chi connectivity index (χ2n) is 7.39. The number of pyridine rings is 1. The highest BCUT2D eigenvalue weighted by Gasteiger charge is 2.13. The van der Waals surface area contributed by atoms with Crippen molar-refractivity contribution >= 4 is 11.6 Å². The first kappa shape index (κ1) is 20.0. The van der Waals surface area contributed by atoms with Gasteiger partial charge in [0.2, 0.25) is 0 Å². The van der Waals surface area contributed by atoms with Crippen LogP contribution in [-0.2, 0) is 0 Å². The summed E-state index contributed by atoms with van der Waals surface area (Å²) in [5.41, 5.74) is 5.81. The van der Waals surface area contributed by atoms with Crippen molar-refractivity contribution in [3.8, 4) is 45.3 Å². The molecule has 0 amide bonds. The highest BCUT2D eigenvalue weighted by molar-refractivity contribution is 6.30. The minimum Gasteiger partial charge on any atom is -0.244 e. The molecule has 32 heavy (non-hydrogen) atoms. The van der Waals surface area contributed by atoms with Crippen molar-refractivity contribution in [3.05, 3.63) is 108 Å². The van der Waals surface area contributed by atoms with E-state index in [2.05, 4.69) is 17.1 Å². The first-order chi connectivity index (χ1) is 15.7. The van der Waals surface area contributed by atoms with Crippen molar-refractivity contribution in [2.75, 3.05) is 0 Å². The number of aromatic nitrogens is 4. The Labute approximate surface area is 191 Å². The van der Waals surface area contributed by atoms with Gasteiger partial charge in [-0.05, 0) is 35.7 Å². The van der Waals surface area contributed by atoms with Crippen LogP contribution in [0.3, 0.4) is 0 Å². The number of hydrogen-bond acceptors (Lipinski definition) is 4. The summed E-state index contributed by atoms with van der Waals surface area (Å²) in [4.78, 5) is 18.6. The molecule has 0 bridgehead atoms. The Balaban J connectivity index is 1.67. The Morgan fingerprint density at radius 2 is 1.06 bits per heavy atom. The molecule has 0 unspecified atom stereocenters. The lowest BCUT2D eigenvalue weighted by molar-refractivity contribution is 1.07. The Bertz CT molecular complexity index is 1330. The van der Waals surface area contributed by atoms with Gasteiger partial charge in [-0.15, -0.1) is 0 Å². The second-order valence-corrected chi connectivity index (χ2v) is 7.75. The van der Waals surface area contributed by atoms with Gasteiger partial charge in [0, 0.05) is 22.9 Å². The van der Waals surface area contributed by atoms with Crippen molar-refractivity contribution in [2.24, 2.45) is 0 Å². The third kappa shape index (κ3) is 4.01. The topological polar surface area (TPSA) is 51.6 Å². The lowest BCUT2D eigenvalue weighted by Gasteiger charge is -2.11. The van der Waals surface area contributed by atoms with Crippen LogP contribution < -0.4 is 0 Å². The molecule has 154 valence electrons. The summed E-state index contributed by atoms with van der Waals surface area (Å²) in [6.07, 6.45) is 1.72. The van der Waals surface area contributed by atoms with E-state index in [9.17, 15) is 0 Å². The first-order valence-electron chi connectivity index (χ1n) is 10.3. The van der Waals surface area contributed by atoms with Crippen molar-refractivity contribution in [1.82, 2.24) is 19.9 Å². The van der Waals surface area contributed by atoms with Gasteiger partial charge in [0.05, 0.1) is 0 Å². The third-order valence-electron chi connectivity index (χ3n) is 5.27. The predicted octanol–water partition coefficient (Wildman–Crippen LogP) is 6.90. The van der Waals surface area contributed by atoms with E-state index in [1.165, 1.54) is 0 Å². The molecule has 0 saturated carbocycles. The van der Waals surface area contributed by atoms with Crippen LogP contribution in [0.15, 0.2) is 97.2 Å². The Kier molecular flexibility index (Phi) is 5.44. The van der Waals surface area contributed by atoms with E-state index in [0.29, 0.717) is 22.6 Å². The standard InChI is InChI=1S/C27H19ClN4/c1-18-23(15-16-29-24(18)28)21-13-8-14-22(17-21)27-31-25(19-9-4-2-5-10-19)30-26(32-27)20-11-6-3-7-12-20/h2-17H,1H3. The molecule has 5 rings (SSSR count). The van der Waals surface area contributed by atoms with Crippen LogP contribution in [0.1, 0.15) is 5.56 Å². The number of halogens is 1. The Morgan fingerprint density at radius 3 is 1.66 bits per heavy atom. The van der Waals surface area contributed by atoms with Gasteiger partial charge in [-0.2, -0.15) is 0 Å². The first-order valence-corrected chi connectivity index (χ1v) is 10.7. The van der Waals surface area contributed by atoms with Gasteiger partial charge in [0.25, 0.3) is 0 Å². The molecule has 3 aromatic carbocycles. The number of hydrogen-bond donors (Lipinski definition) is 0. The van der Waals surface area contributed by atoms with Crippen LogP contribution in [-0.4, -0.2) is 19.9 Å². The molecule has 0 saturated heterocycles. The van der Waals surface area contributed by atoms with E-state index in [1.807, 2.05) is 85.8 Å². The highest BCUT2D eigenvalue weighted by Crippen LogP contribution is 2.30. The molecular weight excluding hydrogens is 416 g/mol. The average Bonchev–Trinajstić information content (AvgIpc) is 2.86. The summed E-state index contributed by atoms with van der Waals surface area (Å²) in [7, 11) is 0. The predicted molar refractivity (Wildman–Crippen MR) is 129 cm³/mol. The lowest BCUT2D eigenvalue weighted by atomic mass is 10.0. The van der Waals surface area contributed by atoms with Crippen molar-refractivity contribution < 1.29 is 0 Å². The smallest absolute Gasteiger partial charge is 0.164 e. The molecule has 2 heterocycles. The largest absolute Gasteiger partial charge is 0.244 e. The molecular formula is C27H19ClN4. The summed E-state index contributed by atoms with van der Waals surface area (Å²) in [5.74, 6) is 1.91. The zero-order valence-electron chi connectivity index (χ0n) is 17.4. The summed E-state index contributed by atoms with van der Waals surface area (Å²) >= 11 is 6.25. The zero-order chi connectivity index (χ0) is 21.9. The normalized spacial score (nSPS) is 10.8. The van der Waals surface area contributed by atoms with Gasteiger partial charge < -0.3 is 0 Å². The van der Waals surface area contributed by atoms with Gasteiger partial charge >= 0.3 is 0 Å². The van der Waals surface area contributed by atoms with Crippen molar-refractivity contribution in [2.45, 2.75) is 6.92 Å². The van der Waals surface area contributed by atoms with E-state index in [4.69, 9.17) is 26.6 Å². The molecule has 2 aromatic heterocycles. The van der Waals surface area contributed by atoms with E-state index < -0.39 is 0 Å². The van der Waals surface area contributed by atoms with Gasteiger partial charge in [0.1, 0.15) is 5.15 Å². The van der Waals surface area contributed by atoms with E-state index in [1.54, 1.807) is 6.20 Å². The Hall–Kier alpha value is -3.89. The van der Waals surface area contributed by atoms with Crippen LogP contribution in [0.2, 0.25) is 5.15 Å². The molecule has 0 spiro atoms. The molecule has 0 radical (unpaired) electrons. The summed E-state index contributed by atoms with van der Waals surface area (Å²) < 4.78 is 0. The van der Waals surface area contributed by atoms with Crippen LogP contribution in [0, 0.1) is 6.92 Å². The van der Waals surface area contributed by atoms with E-state index in [0.717, 1.165) is 33.4 Å². The van der Waals surface area contributed by atoms with Gasteiger partial charge in [0.15, 0.2) is 17.5 Å². The molecule has 0 aliphatic carbocycles. The molecule has 5 heteroatoms. The molecule has 0 N–H and O–H groups in total. The molecule has 4 nitrogen and oxygen atoms in total. The number of benzene rings is 3. The molecule has 0 atom stereocenters. The fraction of sp³-hybridized carbons (Fsp3) is 0.0370. The van der Waals surface area contributed by atoms with Crippen molar-refractivity contribution in [3.63, 3.8) is 0 Å². The highest BCUT2D eigenvalue weighted by atomic mass is 35.5. The quantitative estimate of drug-likeness (QED) is 0.289. The van der Waals surface area contributed by atoms with Crippen molar-refractivity contribution in [1.29, 1.82) is 0 Å². The molecule has 0 aliphatic heterocycles. The van der Waals surface area contributed by atoms with Gasteiger partial charge in [-0.1, -0.05) is 90.5 Å². The van der Waals surface area contributed by atoms with Crippen LogP contribution in [0.4, 0.5) is 0 Å². The number of nitrogens with zero attached hydrogens (tertiary/aromatic N) is 4. The zero-order valence-corrected chi connectivity index (χ0v) is 18.2. The van der Waals surface area contributed by atoms with E-state index in [-0.39, 0.29) is 0 Å². The molecule has 5 aromatic rings. The minimum atomic E-state index is 0.505. The van der Waals surface area contributed by atoms with E-state index >= 15 is 0 Å². The maximum absolute atomic E-state index is 6.25. The van der Waals surface area contributed by atoms with Gasteiger partial charge in [-0.3, -0.25) is 0 Å². The monoisotopic (exact) mass is 434 g/mol. The minimum absolute atomic E-state index is 0.505. The summed E-state index contributed by atoms with van der Waals surface area (Å²) in [6.45, 7) is 1.97. The molecule has 0 aliphatic rings. The van der Waals surface area contributed by atoms with Crippen LogP contribution >= 0.6 is 11.6 Å². The number of rotatable bonds is 4. The maximum Gasteiger partial charge on any atom is 0.164 e. The average molecular weight is 435 g/mol. The second kappa shape index (κ2) is 8.69. The van der Waals surface area contributed by atoms with Crippen LogP contribution in [0.5, 0.6) is 0 Å². The summed E-state index contributed by atoms with van der Waals surface area (Å²) in [6, 6.07) is 30.1. The fourth-order valence-corrected chi connectivity index (χ4v) is 3.74. The molecule has 0 fully saturated rings. The van der Waals surface area contributed by atoms with Gasteiger partial charge in [-0.25, -0.2) is 19.9 Å². The fourth-order valence-electron chi connectivity index (χ4n) is 3.59. The SMILES string of the molecule is Cc1c(-c2cccc(-c3nc(-c4ccccc4)nc(-c4ccccc4)n3)c2)ccnc1Cl. The third-order valence-corrected chi connectivity index (χ3v) is 5.65. The summed E-state index contributed by atoms with van der Waals surface area (Å²) in [5, 5.41) is 0.505. The lowest BCUT2D eigenvalue weighted by Crippen LogP contribution is -2.00. The maximum atomic E-state index is 6.25. The Morgan fingerprint density at radius 1 is 0.562 bits per heavy atom. The van der Waals surface area contributed by atoms with Crippen LogP contribution in [0.25, 0.3) is 45.3 Å².